The van der Waals surface area contributed by atoms with Gasteiger partial charge in [-0.3, -0.25) is 14.5 Å². The number of rotatable bonds is 6. The highest BCUT2D eigenvalue weighted by Crippen LogP contribution is 2.34. The van der Waals surface area contributed by atoms with E-state index in [-0.39, 0.29) is 18.4 Å². The molecular weight excluding hydrogens is 433 g/mol. The minimum atomic E-state index is -0.406. The number of imide groups is 1. The average molecular weight is 448 g/mol. The highest BCUT2D eigenvalue weighted by Gasteiger charge is 2.34. The molecule has 0 spiro atoms. The number of halogens is 2. The van der Waals surface area contributed by atoms with Crippen LogP contribution in [0.5, 0.6) is 11.5 Å². The number of terminal acetylenes is 1. The molecule has 29 heavy (non-hydrogen) atoms. The van der Waals surface area contributed by atoms with Gasteiger partial charge in [0.1, 0.15) is 6.61 Å². The molecule has 1 fully saturated rings. The molecule has 2 aromatic carbocycles. The molecule has 0 saturated carbocycles. The van der Waals surface area contributed by atoms with E-state index in [9.17, 15) is 9.59 Å². The van der Waals surface area contributed by atoms with Crippen molar-refractivity contribution >= 4 is 52.2 Å². The third-order valence-electron chi connectivity index (χ3n) is 3.99. The molecule has 0 bridgehead atoms. The lowest BCUT2D eigenvalue weighted by Crippen LogP contribution is -2.28. The van der Waals surface area contributed by atoms with Crippen LogP contribution in [0.15, 0.2) is 41.3 Å². The van der Waals surface area contributed by atoms with Gasteiger partial charge in [0.25, 0.3) is 11.1 Å². The summed E-state index contributed by atoms with van der Waals surface area (Å²) in [6.45, 7) is 0.227. The van der Waals surface area contributed by atoms with Crippen molar-refractivity contribution < 1.29 is 19.1 Å². The Morgan fingerprint density at radius 2 is 1.93 bits per heavy atom. The number of carbonyl (C=O) groups is 2. The summed E-state index contributed by atoms with van der Waals surface area (Å²) in [4.78, 5) is 25.5. The number of ether oxygens (including phenoxy) is 2. The van der Waals surface area contributed by atoms with Gasteiger partial charge in [-0.1, -0.05) is 41.3 Å². The first-order valence-corrected chi connectivity index (χ1v) is 9.93. The van der Waals surface area contributed by atoms with Crippen LogP contribution in [0.2, 0.25) is 10.0 Å². The van der Waals surface area contributed by atoms with E-state index in [1.54, 1.807) is 36.4 Å². The Labute approximate surface area is 182 Å². The fourth-order valence-electron chi connectivity index (χ4n) is 2.56. The van der Waals surface area contributed by atoms with Gasteiger partial charge >= 0.3 is 0 Å². The number of benzene rings is 2. The van der Waals surface area contributed by atoms with Gasteiger partial charge < -0.3 is 9.47 Å². The van der Waals surface area contributed by atoms with Crippen LogP contribution in [0.4, 0.5) is 4.79 Å². The lowest BCUT2D eigenvalue weighted by molar-refractivity contribution is -0.122. The summed E-state index contributed by atoms with van der Waals surface area (Å²) in [6, 6.07) is 10.5. The van der Waals surface area contributed by atoms with Crippen molar-refractivity contribution in [2.24, 2.45) is 0 Å². The zero-order valence-electron chi connectivity index (χ0n) is 15.3. The molecule has 8 heteroatoms. The molecule has 0 aromatic heterocycles. The number of nitrogens with zero attached hydrogens (tertiary/aromatic N) is 1. The molecule has 1 heterocycles. The van der Waals surface area contributed by atoms with Crippen molar-refractivity contribution in [3.05, 3.63) is 62.5 Å². The van der Waals surface area contributed by atoms with Gasteiger partial charge in [0.2, 0.25) is 0 Å². The predicted octanol–water partition coefficient (Wildman–Crippen LogP) is 5.25. The highest BCUT2D eigenvalue weighted by molar-refractivity contribution is 8.18. The summed E-state index contributed by atoms with van der Waals surface area (Å²) in [7, 11) is 1.52. The molecule has 1 saturated heterocycles. The smallest absolute Gasteiger partial charge is 0.294 e. The number of hydrogen-bond acceptors (Lipinski definition) is 5. The highest BCUT2D eigenvalue weighted by atomic mass is 35.5. The van der Waals surface area contributed by atoms with Gasteiger partial charge in [-0.05, 0) is 53.2 Å². The number of carbonyl (C=O) groups excluding carboxylic acids is 2. The zero-order valence-corrected chi connectivity index (χ0v) is 17.6. The van der Waals surface area contributed by atoms with E-state index in [1.807, 2.05) is 6.07 Å². The first kappa shape index (κ1) is 21.1. The molecule has 5 nitrogen and oxygen atoms in total. The fraction of sp³-hybridized carbons (Fsp3) is 0.143. The molecule has 0 atom stereocenters. The lowest BCUT2D eigenvalue weighted by Gasteiger charge is -2.12. The van der Waals surface area contributed by atoms with Crippen LogP contribution in [0, 0.1) is 12.3 Å². The van der Waals surface area contributed by atoms with E-state index in [0.717, 1.165) is 22.2 Å². The Bertz CT molecular complexity index is 1050. The zero-order chi connectivity index (χ0) is 21.0. The molecule has 0 radical (unpaired) electrons. The van der Waals surface area contributed by atoms with Crippen molar-refractivity contribution in [2.45, 2.75) is 6.61 Å². The minimum absolute atomic E-state index is 0.0488. The van der Waals surface area contributed by atoms with E-state index in [1.165, 1.54) is 7.11 Å². The van der Waals surface area contributed by atoms with Crippen molar-refractivity contribution in [1.82, 2.24) is 4.90 Å². The van der Waals surface area contributed by atoms with E-state index in [4.69, 9.17) is 39.1 Å². The summed E-state index contributed by atoms with van der Waals surface area (Å²) in [5.74, 6) is 2.91. The molecule has 2 aromatic rings. The minimum Gasteiger partial charge on any atom is -0.493 e. The second-order valence-corrected chi connectivity index (χ2v) is 7.73. The Hall–Kier alpha value is -2.59. The van der Waals surface area contributed by atoms with Crippen LogP contribution in [-0.2, 0) is 11.4 Å². The molecule has 1 aliphatic heterocycles. The molecule has 148 valence electrons. The maximum absolute atomic E-state index is 12.3. The summed E-state index contributed by atoms with van der Waals surface area (Å²) < 4.78 is 11.2. The van der Waals surface area contributed by atoms with E-state index < -0.39 is 5.91 Å². The van der Waals surface area contributed by atoms with Gasteiger partial charge in [0.15, 0.2) is 11.5 Å². The van der Waals surface area contributed by atoms with Gasteiger partial charge in [0, 0.05) is 0 Å². The fourth-order valence-corrected chi connectivity index (χ4v) is 3.72. The predicted molar refractivity (Wildman–Crippen MR) is 115 cm³/mol. The molecule has 0 aliphatic carbocycles. The lowest BCUT2D eigenvalue weighted by atomic mass is 10.1. The third kappa shape index (κ3) is 4.88. The standard InChI is InChI=1S/C21H15Cl2NO4S/c1-3-8-24-20(25)19(29-21(24)26)11-13-5-7-17(18(10-13)27-2)28-12-14-4-6-15(22)16(23)9-14/h1,4-7,9-11H,8,12H2,2H3/b19-11+. The second kappa shape index (κ2) is 9.27. The van der Waals surface area contributed by atoms with Crippen LogP contribution in [-0.4, -0.2) is 29.7 Å². The number of thioether (sulfide) groups is 1. The SMILES string of the molecule is C#CCN1C(=O)S/C(=C/c2ccc(OCc3ccc(Cl)c(Cl)c3)c(OC)c2)C1=O. The molecule has 0 N–H and O–H groups in total. The number of amides is 2. The normalized spacial score (nSPS) is 15.0. The van der Waals surface area contributed by atoms with Gasteiger partial charge in [0.05, 0.1) is 28.6 Å². The summed E-state index contributed by atoms with van der Waals surface area (Å²) >= 11 is 12.8. The Balaban J connectivity index is 1.77. The van der Waals surface area contributed by atoms with Crippen molar-refractivity contribution in [3.8, 4) is 23.8 Å². The molecule has 1 aliphatic rings. The van der Waals surface area contributed by atoms with Crippen LogP contribution in [0.1, 0.15) is 11.1 Å². The summed E-state index contributed by atoms with van der Waals surface area (Å²) in [6.07, 6.45) is 6.82. The molecule has 2 amide bonds. The molecular formula is C21H15Cl2NO4S. The van der Waals surface area contributed by atoms with Gasteiger partial charge in [-0.15, -0.1) is 6.42 Å². The first-order valence-electron chi connectivity index (χ1n) is 8.36. The van der Waals surface area contributed by atoms with Crippen molar-refractivity contribution in [3.63, 3.8) is 0 Å². The first-order chi connectivity index (χ1) is 13.9. The Kier molecular flexibility index (Phi) is 6.75. The maximum atomic E-state index is 12.3. The van der Waals surface area contributed by atoms with Crippen molar-refractivity contribution in [1.29, 1.82) is 0 Å². The van der Waals surface area contributed by atoms with Crippen molar-refractivity contribution in [2.75, 3.05) is 13.7 Å². The summed E-state index contributed by atoms with van der Waals surface area (Å²) in [5.41, 5.74) is 1.54. The Morgan fingerprint density at radius 1 is 1.14 bits per heavy atom. The van der Waals surface area contributed by atoms with Crippen LogP contribution in [0.3, 0.4) is 0 Å². The second-order valence-electron chi connectivity index (χ2n) is 5.92. The largest absolute Gasteiger partial charge is 0.493 e. The van der Waals surface area contributed by atoms with E-state index >= 15 is 0 Å². The third-order valence-corrected chi connectivity index (χ3v) is 5.63. The monoisotopic (exact) mass is 447 g/mol. The van der Waals surface area contributed by atoms with E-state index in [0.29, 0.717) is 32.0 Å². The number of hydrogen-bond donors (Lipinski definition) is 0. The molecule has 3 rings (SSSR count). The Morgan fingerprint density at radius 3 is 2.62 bits per heavy atom. The molecule has 0 unspecified atom stereocenters. The number of methoxy groups -OCH3 is 1. The van der Waals surface area contributed by atoms with Crippen LogP contribution in [0.25, 0.3) is 6.08 Å². The topological polar surface area (TPSA) is 55.8 Å². The van der Waals surface area contributed by atoms with Crippen LogP contribution >= 0.6 is 35.0 Å². The average Bonchev–Trinajstić information content (AvgIpc) is 2.97. The van der Waals surface area contributed by atoms with Gasteiger partial charge in [-0.25, -0.2) is 0 Å². The van der Waals surface area contributed by atoms with Gasteiger partial charge in [-0.2, -0.15) is 0 Å². The summed E-state index contributed by atoms with van der Waals surface area (Å²) in [5, 5.41) is 0.547. The van der Waals surface area contributed by atoms with E-state index in [2.05, 4.69) is 5.92 Å². The van der Waals surface area contributed by atoms with Crippen LogP contribution < -0.4 is 9.47 Å². The maximum Gasteiger partial charge on any atom is 0.294 e. The quantitative estimate of drug-likeness (QED) is 0.446.